The van der Waals surface area contributed by atoms with E-state index in [0.717, 1.165) is 5.56 Å². The highest BCUT2D eigenvalue weighted by atomic mass is 16.6. The Morgan fingerprint density at radius 2 is 1.42 bits per heavy atom. The predicted octanol–water partition coefficient (Wildman–Crippen LogP) is 3.60. The van der Waals surface area contributed by atoms with Crippen LogP contribution in [0.4, 0.5) is 0 Å². The molecule has 0 bridgehead atoms. The van der Waals surface area contributed by atoms with Crippen molar-refractivity contribution in [2.24, 2.45) is 0 Å². The van der Waals surface area contributed by atoms with E-state index in [1.165, 1.54) is 5.56 Å². The Kier molecular flexibility index (Phi) is 3.03. The summed E-state index contributed by atoms with van der Waals surface area (Å²) in [5, 5.41) is 11.1. The lowest BCUT2D eigenvalue weighted by Crippen LogP contribution is -2.43. The van der Waals surface area contributed by atoms with Gasteiger partial charge in [-0.2, -0.15) is 0 Å². The van der Waals surface area contributed by atoms with Gasteiger partial charge in [-0.15, -0.1) is 0 Å². The first-order chi connectivity index (χ1) is 9.27. The zero-order chi connectivity index (χ0) is 13.2. The van der Waals surface area contributed by atoms with E-state index in [1.54, 1.807) is 0 Å². The van der Waals surface area contributed by atoms with Gasteiger partial charge < -0.3 is 0 Å². The van der Waals surface area contributed by atoms with Crippen LogP contribution in [0.2, 0.25) is 0 Å². The van der Waals surface area contributed by atoms with Crippen LogP contribution in [0.5, 0.6) is 0 Å². The van der Waals surface area contributed by atoms with Gasteiger partial charge in [0.1, 0.15) is 0 Å². The Labute approximate surface area is 112 Å². The van der Waals surface area contributed by atoms with Gasteiger partial charge in [0, 0.05) is 17.3 Å². The van der Waals surface area contributed by atoms with Gasteiger partial charge in [-0.25, -0.2) is 0 Å². The lowest BCUT2D eigenvalue weighted by Gasteiger charge is -2.39. The average Bonchev–Trinajstić information content (AvgIpc) is 2.39. The van der Waals surface area contributed by atoms with Gasteiger partial charge in [-0.05, 0) is 11.1 Å². The lowest BCUT2D eigenvalue weighted by molar-refractivity contribution is -0.542. The van der Waals surface area contributed by atoms with Crippen molar-refractivity contribution in [3.8, 4) is 0 Å². The van der Waals surface area contributed by atoms with Crippen molar-refractivity contribution in [3.05, 3.63) is 81.9 Å². The Bertz CT molecular complexity index is 568. The van der Waals surface area contributed by atoms with Gasteiger partial charge in [0.15, 0.2) is 0 Å². The van der Waals surface area contributed by atoms with Gasteiger partial charge in [0.05, 0.1) is 5.92 Å². The molecule has 2 aromatic carbocycles. The Hall–Kier alpha value is -2.16. The fourth-order valence-electron chi connectivity index (χ4n) is 3.02. The van der Waals surface area contributed by atoms with Gasteiger partial charge in [0.2, 0.25) is 6.04 Å². The monoisotopic (exact) mass is 253 g/mol. The normalized spacial score (nSPS) is 25.6. The van der Waals surface area contributed by atoms with Gasteiger partial charge in [-0.1, -0.05) is 60.7 Å². The molecule has 96 valence electrons. The van der Waals surface area contributed by atoms with Crippen LogP contribution in [0.1, 0.15) is 29.4 Å². The first-order valence-corrected chi connectivity index (χ1v) is 6.51. The first-order valence-electron chi connectivity index (χ1n) is 6.51. The molecule has 1 fully saturated rings. The highest BCUT2D eigenvalue weighted by molar-refractivity contribution is 5.34. The molecule has 3 nitrogen and oxygen atoms in total. The maximum atomic E-state index is 11.1. The van der Waals surface area contributed by atoms with Crippen LogP contribution in [0.15, 0.2) is 60.7 Å². The highest BCUT2D eigenvalue weighted by Crippen LogP contribution is 2.50. The van der Waals surface area contributed by atoms with Crippen molar-refractivity contribution in [1.82, 2.24) is 0 Å². The van der Waals surface area contributed by atoms with E-state index in [0.29, 0.717) is 6.42 Å². The minimum Gasteiger partial charge on any atom is -0.264 e. The fraction of sp³-hybridized carbons (Fsp3) is 0.250. The maximum absolute atomic E-state index is 11.1. The molecule has 1 aliphatic carbocycles. The summed E-state index contributed by atoms with van der Waals surface area (Å²) in [6.45, 7) is 0. The average molecular weight is 253 g/mol. The molecule has 3 atom stereocenters. The summed E-state index contributed by atoms with van der Waals surface area (Å²) in [6.07, 6.45) is 0.635. The maximum Gasteiger partial charge on any atom is 0.221 e. The SMILES string of the molecule is O=[N+]([O-])[C@@H]1C[C@@H](c2ccccc2)[C@H]1c1ccccc1. The third-order valence-corrected chi connectivity index (χ3v) is 4.03. The molecular formula is C16H15NO2. The Balaban J connectivity index is 1.93. The highest BCUT2D eigenvalue weighted by Gasteiger charge is 2.50. The van der Waals surface area contributed by atoms with Crippen LogP contribution in [0, 0.1) is 10.1 Å². The second-order valence-corrected chi connectivity index (χ2v) is 5.04. The summed E-state index contributed by atoms with van der Waals surface area (Å²) >= 11 is 0. The first kappa shape index (κ1) is 11.9. The van der Waals surface area contributed by atoms with Crippen molar-refractivity contribution in [2.75, 3.05) is 0 Å². The molecule has 0 N–H and O–H groups in total. The molecule has 0 spiro atoms. The second kappa shape index (κ2) is 4.84. The fourth-order valence-corrected chi connectivity index (χ4v) is 3.02. The Morgan fingerprint density at radius 3 is 1.95 bits per heavy atom. The third-order valence-electron chi connectivity index (χ3n) is 4.03. The summed E-state index contributed by atoms with van der Waals surface area (Å²) in [7, 11) is 0. The van der Waals surface area contributed by atoms with Crippen LogP contribution in [-0.2, 0) is 0 Å². The molecule has 19 heavy (non-hydrogen) atoms. The molecule has 0 heterocycles. The topological polar surface area (TPSA) is 43.1 Å². The number of nitrogens with zero attached hydrogens (tertiary/aromatic N) is 1. The van der Waals surface area contributed by atoms with Crippen molar-refractivity contribution in [2.45, 2.75) is 24.3 Å². The third kappa shape index (κ3) is 2.12. The Morgan fingerprint density at radius 1 is 0.895 bits per heavy atom. The molecule has 0 amide bonds. The zero-order valence-electron chi connectivity index (χ0n) is 10.5. The number of hydrogen-bond acceptors (Lipinski definition) is 2. The number of hydrogen-bond donors (Lipinski definition) is 0. The van der Waals surface area contributed by atoms with Gasteiger partial charge in [0.25, 0.3) is 0 Å². The largest absolute Gasteiger partial charge is 0.264 e. The van der Waals surface area contributed by atoms with Gasteiger partial charge >= 0.3 is 0 Å². The summed E-state index contributed by atoms with van der Waals surface area (Å²) in [6, 6.07) is 19.5. The zero-order valence-corrected chi connectivity index (χ0v) is 10.5. The van der Waals surface area contributed by atoms with E-state index in [-0.39, 0.29) is 16.8 Å². The van der Waals surface area contributed by atoms with Gasteiger partial charge in [-0.3, -0.25) is 10.1 Å². The summed E-state index contributed by atoms with van der Waals surface area (Å²) in [5.41, 5.74) is 2.28. The molecule has 1 aliphatic rings. The molecule has 0 saturated heterocycles. The molecule has 0 aromatic heterocycles. The van der Waals surface area contributed by atoms with Crippen molar-refractivity contribution in [1.29, 1.82) is 0 Å². The molecule has 0 unspecified atom stereocenters. The smallest absolute Gasteiger partial charge is 0.221 e. The number of rotatable bonds is 3. The van der Waals surface area contributed by atoms with E-state index in [2.05, 4.69) is 12.1 Å². The van der Waals surface area contributed by atoms with E-state index >= 15 is 0 Å². The summed E-state index contributed by atoms with van der Waals surface area (Å²) in [4.78, 5) is 11.0. The minimum atomic E-state index is -0.451. The van der Waals surface area contributed by atoms with Crippen LogP contribution in [-0.4, -0.2) is 11.0 Å². The van der Waals surface area contributed by atoms with Crippen molar-refractivity contribution >= 4 is 0 Å². The molecule has 2 aromatic rings. The van der Waals surface area contributed by atoms with Crippen molar-refractivity contribution in [3.63, 3.8) is 0 Å². The van der Waals surface area contributed by atoms with E-state index in [9.17, 15) is 10.1 Å². The number of benzene rings is 2. The van der Waals surface area contributed by atoms with E-state index in [1.807, 2.05) is 48.5 Å². The molecule has 3 heteroatoms. The van der Waals surface area contributed by atoms with Crippen LogP contribution >= 0.6 is 0 Å². The minimum absolute atomic E-state index is 0.00130. The molecule has 3 rings (SSSR count). The summed E-state index contributed by atoms with van der Waals surface area (Å²) in [5.74, 6) is 0.262. The second-order valence-electron chi connectivity index (χ2n) is 5.04. The van der Waals surface area contributed by atoms with Crippen LogP contribution in [0.25, 0.3) is 0 Å². The van der Waals surface area contributed by atoms with E-state index in [4.69, 9.17) is 0 Å². The van der Waals surface area contributed by atoms with Crippen LogP contribution < -0.4 is 0 Å². The van der Waals surface area contributed by atoms with Crippen molar-refractivity contribution < 1.29 is 4.92 Å². The molecule has 0 aliphatic heterocycles. The predicted molar refractivity (Wildman–Crippen MR) is 73.8 cm³/mol. The quantitative estimate of drug-likeness (QED) is 0.619. The summed E-state index contributed by atoms with van der Waals surface area (Å²) < 4.78 is 0. The van der Waals surface area contributed by atoms with E-state index < -0.39 is 6.04 Å². The molecular weight excluding hydrogens is 238 g/mol. The molecule has 1 saturated carbocycles. The number of nitro groups is 1. The molecule has 0 radical (unpaired) electrons. The standard InChI is InChI=1S/C16H15NO2/c18-17(19)15-11-14(12-7-3-1-4-8-12)16(15)13-9-5-2-6-10-13/h1-10,14-16H,11H2/t14-,15+,16+/m0/s1. The lowest BCUT2D eigenvalue weighted by atomic mass is 9.63. The van der Waals surface area contributed by atoms with Crippen LogP contribution in [0.3, 0.4) is 0 Å².